The molecule has 0 aliphatic heterocycles. The average Bonchev–Trinajstić information content (AvgIpc) is 3.23. The van der Waals surface area contributed by atoms with Crippen LogP contribution in [0.3, 0.4) is 0 Å². The van der Waals surface area contributed by atoms with Crippen molar-refractivity contribution in [3.05, 3.63) is 46.7 Å². The molecule has 0 spiro atoms. The molecule has 3 heterocycles. The van der Waals surface area contributed by atoms with E-state index in [1.54, 1.807) is 0 Å². The minimum absolute atomic E-state index is 0.157. The first-order chi connectivity index (χ1) is 13.1. The van der Waals surface area contributed by atoms with Crippen molar-refractivity contribution in [2.45, 2.75) is 20.3 Å². The van der Waals surface area contributed by atoms with Crippen molar-refractivity contribution < 1.29 is 4.79 Å². The molecule has 1 amide bonds. The molecule has 27 heavy (non-hydrogen) atoms. The van der Waals surface area contributed by atoms with Crippen LogP contribution in [0, 0.1) is 13.8 Å². The molecule has 10 heteroatoms. The normalized spacial score (nSPS) is 10.9. The Kier molecular flexibility index (Phi) is 4.73. The zero-order valence-corrected chi connectivity index (χ0v) is 16.2. The van der Waals surface area contributed by atoms with Gasteiger partial charge in [0.25, 0.3) is 0 Å². The maximum atomic E-state index is 12.4. The topological polar surface area (TPSA) is 106 Å². The Morgan fingerprint density at radius 2 is 1.93 bits per heavy atom. The summed E-state index contributed by atoms with van der Waals surface area (Å²) in [5, 5.41) is 8.45. The Bertz CT molecular complexity index is 1100. The fraction of sp³-hybridized carbons (Fsp3) is 0.176. The molecule has 0 radical (unpaired) electrons. The van der Waals surface area contributed by atoms with E-state index in [1.807, 2.05) is 43.5 Å². The van der Waals surface area contributed by atoms with Crippen LogP contribution >= 0.6 is 23.1 Å². The van der Waals surface area contributed by atoms with Crippen molar-refractivity contribution in [3.8, 4) is 0 Å². The van der Waals surface area contributed by atoms with E-state index in [2.05, 4.69) is 34.3 Å². The molecule has 0 aliphatic carbocycles. The van der Waals surface area contributed by atoms with E-state index in [0.29, 0.717) is 28.0 Å². The Labute approximate surface area is 163 Å². The van der Waals surface area contributed by atoms with Crippen LogP contribution in [-0.4, -0.2) is 29.6 Å². The largest absolute Gasteiger partial charge is 0.324 e. The molecule has 4 aromatic rings. The number of carbonyl (C=O) groups is 1. The number of benzene rings is 1. The summed E-state index contributed by atoms with van der Waals surface area (Å²) in [6.07, 6.45) is 0.167. The summed E-state index contributed by atoms with van der Waals surface area (Å²) < 4.78 is 8.40. The zero-order chi connectivity index (χ0) is 18.8. The standard InChI is InChI=1S/C17H15N7OS2/c1-9-6-10(2)19-16(18-9)22-17-20-11(8-26-17)7-14(25)21-12-4-3-5-13-15(12)24-27-23-13/h3-6,8H,7H2,1-2H3,(H,21,25)(H,18,19,20,22). The second-order valence-electron chi connectivity index (χ2n) is 5.91. The number of hydrogen-bond donors (Lipinski definition) is 2. The van der Waals surface area contributed by atoms with E-state index in [-0.39, 0.29) is 12.3 Å². The van der Waals surface area contributed by atoms with Crippen LogP contribution in [0.15, 0.2) is 29.6 Å². The highest BCUT2D eigenvalue weighted by Gasteiger charge is 2.12. The fourth-order valence-electron chi connectivity index (χ4n) is 2.59. The number of amides is 1. The molecular formula is C17H15N7OS2. The van der Waals surface area contributed by atoms with Crippen LogP contribution in [0.2, 0.25) is 0 Å². The van der Waals surface area contributed by atoms with Gasteiger partial charge in [-0.2, -0.15) is 8.75 Å². The Morgan fingerprint density at radius 3 is 2.74 bits per heavy atom. The highest BCUT2D eigenvalue weighted by molar-refractivity contribution is 7.13. The van der Waals surface area contributed by atoms with Gasteiger partial charge in [-0.3, -0.25) is 4.79 Å². The van der Waals surface area contributed by atoms with Crippen LogP contribution in [0.5, 0.6) is 0 Å². The number of aromatic nitrogens is 5. The number of anilines is 3. The van der Waals surface area contributed by atoms with Gasteiger partial charge < -0.3 is 10.6 Å². The van der Waals surface area contributed by atoms with E-state index in [1.165, 1.54) is 11.3 Å². The smallest absolute Gasteiger partial charge is 0.230 e. The number of thiazole rings is 1. The lowest BCUT2D eigenvalue weighted by Gasteiger charge is -2.04. The number of nitrogens with zero attached hydrogens (tertiary/aromatic N) is 5. The second-order valence-corrected chi connectivity index (χ2v) is 7.29. The van der Waals surface area contributed by atoms with E-state index >= 15 is 0 Å². The molecule has 4 rings (SSSR count). The fourth-order valence-corrected chi connectivity index (χ4v) is 3.84. The van der Waals surface area contributed by atoms with Crippen molar-refractivity contribution >= 4 is 56.8 Å². The second kappa shape index (κ2) is 7.33. The lowest BCUT2D eigenvalue weighted by atomic mass is 10.2. The third kappa shape index (κ3) is 4.07. The first-order valence-corrected chi connectivity index (χ1v) is 9.73. The molecule has 0 fully saturated rings. The molecule has 0 bridgehead atoms. The first-order valence-electron chi connectivity index (χ1n) is 8.12. The van der Waals surface area contributed by atoms with Gasteiger partial charge in [0.1, 0.15) is 11.0 Å². The van der Waals surface area contributed by atoms with Crippen LogP contribution in [0.25, 0.3) is 11.0 Å². The third-order valence-electron chi connectivity index (χ3n) is 3.65. The van der Waals surface area contributed by atoms with E-state index in [0.717, 1.165) is 28.6 Å². The molecule has 8 nitrogen and oxygen atoms in total. The third-order valence-corrected chi connectivity index (χ3v) is 5.00. The number of hydrogen-bond acceptors (Lipinski definition) is 9. The Morgan fingerprint density at radius 1 is 1.11 bits per heavy atom. The van der Waals surface area contributed by atoms with Gasteiger partial charge in [-0.25, -0.2) is 15.0 Å². The predicted molar refractivity (Wildman–Crippen MR) is 107 cm³/mol. The van der Waals surface area contributed by atoms with Gasteiger partial charge in [-0.05, 0) is 32.0 Å². The summed E-state index contributed by atoms with van der Waals surface area (Å²) in [6, 6.07) is 7.42. The minimum atomic E-state index is -0.157. The summed E-state index contributed by atoms with van der Waals surface area (Å²) >= 11 is 2.53. The molecule has 3 aromatic heterocycles. The van der Waals surface area contributed by atoms with Gasteiger partial charge in [0, 0.05) is 16.8 Å². The molecule has 0 aliphatic rings. The molecular weight excluding hydrogens is 382 g/mol. The van der Waals surface area contributed by atoms with Gasteiger partial charge in [0.05, 0.1) is 29.5 Å². The SMILES string of the molecule is Cc1cc(C)nc(Nc2nc(CC(=O)Nc3cccc4nsnc34)cs2)n1. The highest BCUT2D eigenvalue weighted by atomic mass is 32.1. The molecule has 0 saturated carbocycles. The molecule has 1 aromatic carbocycles. The number of rotatable bonds is 5. The number of nitrogens with one attached hydrogen (secondary N) is 2. The Balaban J connectivity index is 1.43. The summed E-state index contributed by atoms with van der Waals surface area (Å²) in [5.41, 5.74) is 4.56. The maximum absolute atomic E-state index is 12.4. The highest BCUT2D eigenvalue weighted by Crippen LogP contribution is 2.22. The quantitative estimate of drug-likeness (QED) is 0.531. The van der Waals surface area contributed by atoms with Gasteiger partial charge in [0.2, 0.25) is 11.9 Å². The van der Waals surface area contributed by atoms with Crippen molar-refractivity contribution in [1.29, 1.82) is 0 Å². The van der Waals surface area contributed by atoms with Crippen molar-refractivity contribution in [1.82, 2.24) is 23.7 Å². The molecule has 0 saturated heterocycles. The van der Waals surface area contributed by atoms with Crippen molar-refractivity contribution in [3.63, 3.8) is 0 Å². The number of aryl methyl sites for hydroxylation is 2. The lowest BCUT2D eigenvalue weighted by molar-refractivity contribution is -0.115. The summed E-state index contributed by atoms with van der Waals surface area (Å²) in [7, 11) is 0. The summed E-state index contributed by atoms with van der Waals surface area (Å²) in [4.78, 5) is 25.5. The Hall–Kier alpha value is -2.98. The zero-order valence-electron chi connectivity index (χ0n) is 14.6. The van der Waals surface area contributed by atoms with E-state index < -0.39 is 0 Å². The van der Waals surface area contributed by atoms with E-state index in [4.69, 9.17) is 0 Å². The van der Waals surface area contributed by atoms with Crippen LogP contribution in [0.1, 0.15) is 17.1 Å². The predicted octanol–water partition coefficient (Wildman–Crippen LogP) is 3.48. The van der Waals surface area contributed by atoms with Gasteiger partial charge in [-0.1, -0.05) is 6.07 Å². The summed E-state index contributed by atoms with van der Waals surface area (Å²) in [6.45, 7) is 3.83. The molecule has 136 valence electrons. The first kappa shape index (κ1) is 17.4. The minimum Gasteiger partial charge on any atom is -0.324 e. The van der Waals surface area contributed by atoms with Crippen molar-refractivity contribution in [2.75, 3.05) is 10.6 Å². The molecule has 0 unspecified atom stereocenters. The number of carbonyl (C=O) groups excluding carboxylic acids is 1. The van der Waals surface area contributed by atoms with Gasteiger partial charge in [0.15, 0.2) is 5.13 Å². The van der Waals surface area contributed by atoms with Crippen LogP contribution in [-0.2, 0) is 11.2 Å². The molecule has 0 atom stereocenters. The monoisotopic (exact) mass is 397 g/mol. The van der Waals surface area contributed by atoms with Crippen LogP contribution in [0.4, 0.5) is 16.8 Å². The molecule has 2 N–H and O–H groups in total. The lowest BCUT2D eigenvalue weighted by Crippen LogP contribution is -2.14. The number of fused-ring (bicyclic) bond motifs is 1. The van der Waals surface area contributed by atoms with E-state index in [9.17, 15) is 4.79 Å². The van der Waals surface area contributed by atoms with Gasteiger partial charge >= 0.3 is 0 Å². The van der Waals surface area contributed by atoms with Gasteiger partial charge in [-0.15, -0.1) is 11.3 Å². The average molecular weight is 397 g/mol. The van der Waals surface area contributed by atoms with Crippen molar-refractivity contribution in [2.24, 2.45) is 0 Å². The maximum Gasteiger partial charge on any atom is 0.230 e. The van der Waals surface area contributed by atoms with Crippen LogP contribution < -0.4 is 10.6 Å². The summed E-state index contributed by atoms with van der Waals surface area (Å²) in [5.74, 6) is 0.343.